The van der Waals surface area contributed by atoms with Crippen LogP contribution in [0.2, 0.25) is 0 Å². The van der Waals surface area contributed by atoms with E-state index < -0.39 is 31.4 Å². The minimum atomic E-state index is -4.43. The first-order valence-electron chi connectivity index (χ1n) is 6.96. The normalized spacial score (nSPS) is 11.5. The van der Waals surface area contributed by atoms with E-state index in [4.69, 9.17) is 5.11 Å². The Morgan fingerprint density at radius 2 is 2.08 bits per heavy atom. The van der Waals surface area contributed by atoms with Crippen LogP contribution < -0.4 is 5.32 Å². The summed E-state index contributed by atoms with van der Waals surface area (Å²) in [5.41, 5.74) is 0.238. The predicted octanol–water partition coefficient (Wildman–Crippen LogP) is 1.34. The molecule has 0 saturated heterocycles. The molecule has 0 unspecified atom stereocenters. The molecular weight excluding hydrogens is 347 g/mol. The number of halogens is 3. The number of carbonyl (C=O) groups is 2. The van der Waals surface area contributed by atoms with Gasteiger partial charge >= 0.3 is 12.1 Å². The zero-order valence-electron chi connectivity index (χ0n) is 12.7. The van der Waals surface area contributed by atoms with Crippen molar-refractivity contribution in [1.29, 1.82) is 0 Å². The Labute approximate surface area is 139 Å². The average Bonchev–Trinajstić information content (AvgIpc) is 3.13. The molecule has 2 N–H and O–H groups in total. The standard InChI is InChI=1S/C13H14F3N5O4/c14-13(15,16)7-25-8-20-6-9(5-18-20)19-11(22)2-4-21-10(12(23)24)1-3-17-21/h1,3,5-6H,2,4,7-8H2,(H,19,22)(H,23,24). The first kappa shape index (κ1) is 18.4. The molecule has 0 aromatic carbocycles. The number of rotatable bonds is 8. The van der Waals surface area contributed by atoms with Crippen LogP contribution in [0.1, 0.15) is 16.9 Å². The van der Waals surface area contributed by atoms with Gasteiger partial charge in [0.05, 0.1) is 24.6 Å². The molecule has 0 spiro atoms. The molecule has 25 heavy (non-hydrogen) atoms. The van der Waals surface area contributed by atoms with Crippen LogP contribution in [0.15, 0.2) is 24.7 Å². The van der Waals surface area contributed by atoms with Gasteiger partial charge in [-0.05, 0) is 6.07 Å². The summed E-state index contributed by atoms with van der Waals surface area (Å²) in [7, 11) is 0. The van der Waals surface area contributed by atoms with Crippen LogP contribution in [0.3, 0.4) is 0 Å². The third kappa shape index (κ3) is 5.91. The number of anilines is 1. The maximum atomic E-state index is 12.0. The molecule has 9 nitrogen and oxygen atoms in total. The van der Waals surface area contributed by atoms with Gasteiger partial charge in [-0.2, -0.15) is 23.4 Å². The van der Waals surface area contributed by atoms with Gasteiger partial charge in [0.1, 0.15) is 19.0 Å². The number of amides is 1. The lowest BCUT2D eigenvalue weighted by Gasteiger charge is -2.07. The molecule has 0 aliphatic rings. The van der Waals surface area contributed by atoms with E-state index in [9.17, 15) is 22.8 Å². The van der Waals surface area contributed by atoms with Gasteiger partial charge in [0.25, 0.3) is 0 Å². The van der Waals surface area contributed by atoms with Gasteiger partial charge in [-0.3, -0.25) is 9.48 Å². The number of hydrogen-bond acceptors (Lipinski definition) is 5. The molecule has 2 rings (SSSR count). The molecule has 2 aromatic rings. The van der Waals surface area contributed by atoms with Gasteiger partial charge in [0, 0.05) is 12.6 Å². The molecule has 0 radical (unpaired) electrons. The minimum Gasteiger partial charge on any atom is -0.477 e. The van der Waals surface area contributed by atoms with E-state index in [0.29, 0.717) is 0 Å². The van der Waals surface area contributed by atoms with E-state index in [0.717, 1.165) is 4.68 Å². The molecule has 2 heterocycles. The lowest BCUT2D eigenvalue weighted by atomic mass is 10.3. The maximum absolute atomic E-state index is 12.0. The van der Waals surface area contributed by atoms with Gasteiger partial charge < -0.3 is 15.2 Å². The lowest BCUT2D eigenvalue weighted by Crippen LogP contribution is -2.18. The quantitative estimate of drug-likeness (QED) is 0.734. The monoisotopic (exact) mass is 361 g/mol. The van der Waals surface area contributed by atoms with Crippen molar-refractivity contribution in [3.63, 3.8) is 0 Å². The van der Waals surface area contributed by atoms with E-state index in [2.05, 4.69) is 20.3 Å². The SMILES string of the molecule is O=C(CCn1nccc1C(=O)O)Nc1cnn(COCC(F)(F)F)c1. The van der Waals surface area contributed by atoms with Crippen LogP contribution in [-0.2, 0) is 22.8 Å². The molecule has 1 amide bonds. The molecule has 0 bridgehead atoms. The first-order chi connectivity index (χ1) is 11.7. The van der Waals surface area contributed by atoms with Crippen LogP contribution >= 0.6 is 0 Å². The topological polar surface area (TPSA) is 111 Å². The number of alkyl halides is 3. The number of aryl methyl sites for hydroxylation is 1. The van der Waals surface area contributed by atoms with E-state index in [1.807, 2.05) is 0 Å². The summed E-state index contributed by atoms with van der Waals surface area (Å²) < 4.78 is 42.6. The minimum absolute atomic E-state index is 0.0394. The van der Waals surface area contributed by atoms with Crippen molar-refractivity contribution in [2.24, 2.45) is 0 Å². The zero-order valence-corrected chi connectivity index (χ0v) is 12.7. The number of carbonyl (C=O) groups excluding carboxylic acids is 1. The summed E-state index contributed by atoms with van der Waals surface area (Å²) in [5.74, 6) is -1.58. The van der Waals surface area contributed by atoms with Crippen LogP contribution in [0.25, 0.3) is 0 Å². The van der Waals surface area contributed by atoms with Crippen molar-refractivity contribution in [2.75, 3.05) is 11.9 Å². The van der Waals surface area contributed by atoms with Gasteiger partial charge in [0.15, 0.2) is 0 Å². The molecule has 0 saturated carbocycles. The molecular formula is C13H14F3N5O4. The lowest BCUT2D eigenvalue weighted by molar-refractivity contribution is -0.182. The second-order valence-electron chi connectivity index (χ2n) is 4.90. The zero-order chi connectivity index (χ0) is 18.4. The summed E-state index contributed by atoms with van der Waals surface area (Å²) in [6.45, 7) is -1.75. The Balaban J connectivity index is 1.79. The molecule has 0 aliphatic carbocycles. The highest BCUT2D eigenvalue weighted by molar-refractivity contribution is 5.90. The number of carboxylic acid groups (broad SMARTS) is 1. The molecule has 136 valence electrons. The van der Waals surface area contributed by atoms with E-state index in [1.165, 1.54) is 29.3 Å². The third-order valence-electron chi connectivity index (χ3n) is 2.89. The molecule has 0 aliphatic heterocycles. The van der Waals surface area contributed by atoms with Crippen molar-refractivity contribution in [3.05, 3.63) is 30.4 Å². The van der Waals surface area contributed by atoms with Gasteiger partial charge in [-0.25, -0.2) is 9.48 Å². The maximum Gasteiger partial charge on any atom is 0.411 e. The Morgan fingerprint density at radius 1 is 1.32 bits per heavy atom. The second-order valence-corrected chi connectivity index (χ2v) is 4.90. The summed E-state index contributed by atoms with van der Waals surface area (Å²) in [4.78, 5) is 22.7. The Bertz CT molecular complexity index is 740. The Hall–Kier alpha value is -2.89. The molecule has 0 atom stereocenters. The number of nitrogens with one attached hydrogen (secondary N) is 1. The van der Waals surface area contributed by atoms with Gasteiger partial charge in [0.2, 0.25) is 5.91 Å². The fourth-order valence-corrected chi connectivity index (χ4v) is 1.88. The summed E-state index contributed by atoms with van der Waals surface area (Å²) in [6.07, 6.45) is -0.591. The van der Waals surface area contributed by atoms with Crippen molar-refractivity contribution in [2.45, 2.75) is 25.9 Å². The highest BCUT2D eigenvalue weighted by Crippen LogP contribution is 2.15. The predicted molar refractivity (Wildman–Crippen MR) is 76.7 cm³/mol. The van der Waals surface area contributed by atoms with E-state index in [-0.39, 0.29) is 24.3 Å². The highest BCUT2D eigenvalue weighted by atomic mass is 19.4. The molecule has 0 fully saturated rings. The summed E-state index contributed by atoms with van der Waals surface area (Å²) in [5, 5.41) is 19.0. The van der Waals surface area contributed by atoms with Gasteiger partial charge in [-0.15, -0.1) is 0 Å². The summed E-state index contributed by atoms with van der Waals surface area (Å²) in [6, 6.07) is 1.31. The van der Waals surface area contributed by atoms with Crippen LogP contribution in [0.5, 0.6) is 0 Å². The molecule has 2 aromatic heterocycles. The first-order valence-corrected chi connectivity index (χ1v) is 6.96. The second kappa shape index (κ2) is 7.79. The molecule has 12 heteroatoms. The van der Waals surface area contributed by atoms with Gasteiger partial charge in [-0.1, -0.05) is 0 Å². The number of ether oxygens (including phenoxy) is 1. The van der Waals surface area contributed by atoms with Crippen molar-refractivity contribution in [3.8, 4) is 0 Å². The fraction of sp³-hybridized carbons (Fsp3) is 0.385. The largest absolute Gasteiger partial charge is 0.477 e. The smallest absolute Gasteiger partial charge is 0.411 e. The van der Waals surface area contributed by atoms with Crippen LogP contribution in [-0.4, -0.2) is 49.3 Å². The van der Waals surface area contributed by atoms with Crippen LogP contribution in [0.4, 0.5) is 18.9 Å². The van der Waals surface area contributed by atoms with E-state index in [1.54, 1.807) is 0 Å². The summed E-state index contributed by atoms with van der Waals surface area (Å²) >= 11 is 0. The number of aromatic carboxylic acids is 1. The average molecular weight is 361 g/mol. The highest BCUT2D eigenvalue weighted by Gasteiger charge is 2.27. The number of aromatic nitrogens is 4. The fourth-order valence-electron chi connectivity index (χ4n) is 1.88. The van der Waals surface area contributed by atoms with Crippen molar-refractivity contribution < 1.29 is 32.6 Å². The van der Waals surface area contributed by atoms with Crippen LogP contribution in [0, 0.1) is 0 Å². The van der Waals surface area contributed by atoms with E-state index >= 15 is 0 Å². The number of carboxylic acids is 1. The number of hydrogen-bond donors (Lipinski definition) is 2. The Kier molecular flexibility index (Phi) is 5.75. The Morgan fingerprint density at radius 3 is 2.76 bits per heavy atom. The number of nitrogens with zero attached hydrogens (tertiary/aromatic N) is 4. The van der Waals surface area contributed by atoms with Crippen molar-refractivity contribution >= 4 is 17.6 Å². The van der Waals surface area contributed by atoms with Crippen molar-refractivity contribution in [1.82, 2.24) is 19.6 Å². The third-order valence-corrected chi connectivity index (χ3v) is 2.89.